The summed E-state index contributed by atoms with van der Waals surface area (Å²) in [4.78, 5) is 22.1. The molecule has 0 saturated heterocycles. The van der Waals surface area contributed by atoms with E-state index >= 15 is 0 Å². The van der Waals surface area contributed by atoms with Gasteiger partial charge in [0, 0.05) is 23.4 Å². The van der Waals surface area contributed by atoms with Gasteiger partial charge >= 0.3 is 0 Å². The Morgan fingerprint density at radius 1 is 1.21 bits per heavy atom. The van der Waals surface area contributed by atoms with Crippen LogP contribution < -0.4 is 10.7 Å². The number of non-ortho nitro benzene ring substituents is 1. The maximum atomic E-state index is 11.8. The van der Waals surface area contributed by atoms with E-state index in [2.05, 4.69) is 15.8 Å². The summed E-state index contributed by atoms with van der Waals surface area (Å²) in [6.45, 7) is 3.74. The fourth-order valence-electron chi connectivity index (χ4n) is 1.95. The molecule has 0 fully saturated rings. The van der Waals surface area contributed by atoms with Gasteiger partial charge in [-0.1, -0.05) is 29.8 Å². The molecule has 2 aromatic carbocycles. The molecule has 0 spiro atoms. The molecule has 0 heterocycles. The standard InChI is InChI=1S/C17H18N4O3/c1-12-6-8-15(9-7-12)18-11-17(22)20-19-13(2)14-4-3-5-16(10-14)21(23)24/h3-10,18H,11H2,1-2H3,(H,20,22). The Balaban J connectivity index is 1.91. The molecule has 2 N–H and O–H groups in total. The largest absolute Gasteiger partial charge is 0.376 e. The monoisotopic (exact) mass is 326 g/mol. The van der Waals surface area contributed by atoms with E-state index in [0.29, 0.717) is 11.3 Å². The van der Waals surface area contributed by atoms with Crippen LogP contribution in [0, 0.1) is 17.0 Å². The number of nitrogens with zero attached hydrogens (tertiary/aromatic N) is 2. The summed E-state index contributed by atoms with van der Waals surface area (Å²) in [5.41, 5.74) is 5.46. The second-order valence-electron chi connectivity index (χ2n) is 5.26. The van der Waals surface area contributed by atoms with Gasteiger partial charge in [-0.3, -0.25) is 14.9 Å². The lowest BCUT2D eigenvalue weighted by atomic mass is 10.1. The van der Waals surface area contributed by atoms with E-state index in [1.165, 1.54) is 12.1 Å². The van der Waals surface area contributed by atoms with E-state index in [1.807, 2.05) is 31.2 Å². The molecule has 7 nitrogen and oxygen atoms in total. The summed E-state index contributed by atoms with van der Waals surface area (Å²) in [7, 11) is 0. The van der Waals surface area contributed by atoms with Crippen LogP contribution in [-0.2, 0) is 4.79 Å². The lowest BCUT2D eigenvalue weighted by Crippen LogP contribution is -2.26. The van der Waals surface area contributed by atoms with Gasteiger partial charge in [-0.15, -0.1) is 0 Å². The molecule has 7 heteroatoms. The van der Waals surface area contributed by atoms with Crippen LogP contribution in [0.3, 0.4) is 0 Å². The number of nitro groups is 1. The van der Waals surface area contributed by atoms with Gasteiger partial charge in [0.05, 0.1) is 17.2 Å². The SMILES string of the molecule is CC(=NNC(=O)CNc1ccc(C)cc1)c1cccc([N+](=O)[O-])c1. The molecule has 2 rings (SSSR count). The summed E-state index contributed by atoms with van der Waals surface area (Å²) in [5, 5.41) is 17.7. The molecular weight excluding hydrogens is 308 g/mol. The van der Waals surface area contributed by atoms with Crippen molar-refractivity contribution in [3.8, 4) is 0 Å². The van der Waals surface area contributed by atoms with Crippen LogP contribution >= 0.6 is 0 Å². The Labute approximate surface area is 139 Å². The third-order valence-electron chi connectivity index (χ3n) is 3.33. The molecule has 0 bridgehead atoms. The number of hydrazone groups is 1. The second kappa shape index (κ2) is 7.87. The highest BCUT2D eigenvalue weighted by molar-refractivity contribution is 5.99. The smallest absolute Gasteiger partial charge is 0.270 e. The number of carbonyl (C=O) groups is 1. The number of nitro benzene ring substituents is 1. The summed E-state index contributed by atoms with van der Waals surface area (Å²) in [5.74, 6) is -0.305. The van der Waals surface area contributed by atoms with Crippen LogP contribution in [0.15, 0.2) is 53.6 Å². The third-order valence-corrected chi connectivity index (χ3v) is 3.33. The first kappa shape index (κ1) is 17.1. The van der Waals surface area contributed by atoms with Crippen LogP contribution in [0.1, 0.15) is 18.1 Å². The Morgan fingerprint density at radius 3 is 2.58 bits per heavy atom. The molecule has 0 saturated carbocycles. The minimum Gasteiger partial charge on any atom is -0.376 e. The van der Waals surface area contributed by atoms with Crippen molar-refractivity contribution >= 4 is 23.0 Å². The van der Waals surface area contributed by atoms with Gasteiger partial charge in [-0.25, -0.2) is 5.43 Å². The number of aryl methyl sites for hydroxylation is 1. The number of hydrogen-bond acceptors (Lipinski definition) is 5. The van der Waals surface area contributed by atoms with Crippen LogP contribution in [0.4, 0.5) is 11.4 Å². The highest BCUT2D eigenvalue weighted by Crippen LogP contribution is 2.13. The molecule has 0 aromatic heterocycles. The highest BCUT2D eigenvalue weighted by atomic mass is 16.6. The molecule has 1 amide bonds. The zero-order chi connectivity index (χ0) is 17.5. The van der Waals surface area contributed by atoms with Crippen molar-refractivity contribution in [1.82, 2.24) is 5.43 Å². The van der Waals surface area contributed by atoms with E-state index in [-0.39, 0.29) is 18.1 Å². The fourth-order valence-corrected chi connectivity index (χ4v) is 1.95. The normalized spacial score (nSPS) is 11.0. The highest BCUT2D eigenvalue weighted by Gasteiger charge is 2.08. The number of nitrogens with one attached hydrogen (secondary N) is 2. The van der Waals surface area contributed by atoms with E-state index in [9.17, 15) is 14.9 Å². The first-order chi connectivity index (χ1) is 11.5. The number of anilines is 1. The molecule has 24 heavy (non-hydrogen) atoms. The van der Waals surface area contributed by atoms with Gasteiger partial charge in [-0.05, 0) is 26.0 Å². The molecule has 0 aliphatic carbocycles. The number of rotatable bonds is 6. The van der Waals surface area contributed by atoms with E-state index in [4.69, 9.17) is 0 Å². The topological polar surface area (TPSA) is 96.6 Å². The zero-order valence-electron chi connectivity index (χ0n) is 13.4. The first-order valence-electron chi connectivity index (χ1n) is 7.34. The predicted octanol–water partition coefficient (Wildman–Crippen LogP) is 2.86. The van der Waals surface area contributed by atoms with Crippen molar-refractivity contribution in [2.75, 3.05) is 11.9 Å². The van der Waals surface area contributed by atoms with Crippen LogP contribution in [-0.4, -0.2) is 23.1 Å². The lowest BCUT2D eigenvalue weighted by molar-refractivity contribution is -0.384. The van der Waals surface area contributed by atoms with E-state index in [0.717, 1.165) is 11.3 Å². The van der Waals surface area contributed by atoms with Gasteiger partial charge in [0.15, 0.2) is 0 Å². The molecule has 0 aliphatic heterocycles. The van der Waals surface area contributed by atoms with Gasteiger partial charge in [-0.2, -0.15) is 5.10 Å². The minimum absolute atomic E-state index is 0.0191. The van der Waals surface area contributed by atoms with Gasteiger partial charge in [0.2, 0.25) is 0 Å². The summed E-state index contributed by atoms with van der Waals surface area (Å²) in [6.07, 6.45) is 0. The molecule has 0 radical (unpaired) electrons. The van der Waals surface area contributed by atoms with Crippen molar-refractivity contribution in [2.24, 2.45) is 5.10 Å². The average molecular weight is 326 g/mol. The van der Waals surface area contributed by atoms with Crippen molar-refractivity contribution in [3.63, 3.8) is 0 Å². The molecular formula is C17H18N4O3. The van der Waals surface area contributed by atoms with Crippen molar-refractivity contribution in [2.45, 2.75) is 13.8 Å². The number of amides is 1. The minimum atomic E-state index is -0.471. The molecule has 0 unspecified atom stereocenters. The average Bonchev–Trinajstić information content (AvgIpc) is 2.59. The summed E-state index contributed by atoms with van der Waals surface area (Å²) < 4.78 is 0. The molecule has 0 atom stereocenters. The van der Waals surface area contributed by atoms with Crippen LogP contribution in [0.2, 0.25) is 0 Å². The number of carbonyl (C=O) groups excluding carboxylic acids is 1. The predicted molar refractivity (Wildman–Crippen MR) is 93.1 cm³/mol. The zero-order valence-corrected chi connectivity index (χ0v) is 13.4. The van der Waals surface area contributed by atoms with Crippen LogP contribution in [0.25, 0.3) is 0 Å². The quantitative estimate of drug-likeness (QED) is 0.484. The maximum Gasteiger partial charge on any atom is 0.270 e. The van der Waals surface area contributed by atoms with Gasteiger partial charge < -0.3 is 5.32 Å². The molecule has 124 valence electrons. The van der Waals surface area contributed by atoms with Crippen molar-refractivity contribution < 1.29 is 9.72 Å². The van der Waals surface area contributed by atoms with Gasteiger partial charge in [0.25, 0.3) is 11.6 Å². The first-order valence-corrected chi connectivity index (χ1v) is 7.34. The number of hydrogen-bond donors (Lipinski definition) is 2. The van der Waals surface area contributed by atoms with E-state index in [1.54, 1.807) is 19.1 Å². The second-order valence-corrected chi connectivity index (χ2v) is 5.26. The number of benzene rings is 2. The Kier molecular flexibility index (Phi) is 5.62. The van der Waals surface area contributed by atoms with Crippen molar-refractivity contribution in [1.29, 1.82) is 0 Å². The third kappa shape index (κ3) is 4.91. The molecule has 0 aliphatic rings. The lowest BCUT2D eigenvalue weighted by Gasteiger charge is -2.06. The maximum absolute atomic E-state index is 11.8. The summed E-state index contributed by atoms with van der Waals surface area (Å²) >= 11 is 0. The Bertz CT molecular complexity index is 770. The van der Waals surface area contributed by atoms with Gasteiger partial charge in [0.1, 0.15) is 0 Å². The molecule has 2 aromatic rings. The fraction of sp³-hybridized carbons (Fsp3) is 0.176. The Hall–Kier alpha value is -3.22. The Morgan fingerprint density at radius 2 is 1.92 bits per heavy atom. The summed E-state index contributed by atoms with van der Waals surface area (Å²) in [6, 6.07) is 13.8. The van der Waals surface area contributed by atoms with Crippen molar-refractivity contribution in [3.05, 3.63) is 69.8 Å². The van der Waals surface area contributed by atoms with E-state index < -0.39 is 4.92 Å². The van der Waals surface area contributed by atoms with Crippen LogP contribution in [0.5, 0.6) is 0 Å².